The Balaban J connectivity index is 1.79. The van der Waals surface area contributed by atoms with E-state index in [0.717, 1.165) is 6.54 Å². The summed E-state index contributed by atoms with van der Waals surface area (Å²) in [6, 6.07) is 5.48. The standard InChI is InChI=1S/C16H23N3S/c1-11(2)19-13(4)14(12(3)17-19)10-18-8-7-15(18)16-6-5-9-20-16/h5-6,9,11,15H,7-8,10H2,1-4H3/t15-/m0/s1. The molecule has 0 amide bonds. The third kappa shape index (κ3) is 2.31. The fraction of sp³-hybridized carbons (Fsp3) is 0.562. The molecule has 3 heterocycles. The summed E-state index contributed by atoms with van der Waals surface area (Å²) in [6.45, 7) is 11.0. The molecule has 1 aliphatic rings. The Hall–Kier alpha value is -1.13. The molecule has 1 atom stereocenters. The number of hydrogen-bond acceptors (Lipinski definition) is 3. The van der Waals surface area contributed by atoms with Crippen LogP contribution >= 0.6 is 11.3 Å². The number of thiophene rings is 1. The maximum Gasteiger partial charge on any atom is 0.0641 e. The molecule has 108 valence electrons. The zero-order valence-corrected chi connectivity index (χ0v) is 13.6. The van der Waals surface area contributed by atoms with Gasteiger partial charge in [0.15, 0.2) is 0 Å². The summed E-state index contributed by atoms with van der Waals surface area (Å²) in [5, 5.41) is 6.88. The largest absolute Gasteiger partial charge is 0.291 e. The highest BCUT2D eigenvalue weighted by atomic mass is 32.1. The number of hydrogen-bond donors (Lipinski definition) is 0. The SMILES string of the molecule is Cc1nn(C(C)C)c(C)c1CN1CC[C@H]1c1cccs1. The predicted octanol–water partition coefficient (Wildman–Crippen LogP) is 4.09. The lowest BCUT2D eigenvalue weighted by Crippen LogP contribution is -2.40. The van der Waals surface area contributed by atoms with E-state index in [0.29, 0.717) is 12.1 Å². The minimum atomic E-state index is 0.437. The van der Waals surface area contributed by atoms with Crippen molar-refractivity contribution in [2.24, 2.45) is 0 Å². The number of aromatic nitrogens is 2. The van der Waals surface area contributed by atoms with Crippen molar-refractivity contribution in [2.45, 2.75) is 52.7 Å². The van der Waals surface area contributed by atoms with Crippen LogP contribution in [-0.2, 0) is 6.54 Å². The van der Waals surface area contributed by atoms with Crippen LogP contribution in [0.25, 0.3) is 0 Å². The average Bonchev–Trinajstić information content (AvgIpc) is 2.95. The maximum absolute atomic E-state index is 4.70. The zero-order valence-electron chi connectivity index (χ0n) is 12.8. The Bertz CT molecular complexity index is 583. The van der Waals surface area contributed by atoms with Gasteiger partial charge in [-0.05, 0) is 45.6 Å². The first-order chi connectivity index (χ1) is 9.58. The first-order valence-corrected chi connectivity index (χ1v) is 8.28. The lowest BCUT2D eigenvalue weighted by atomic mass is 9.99. The van der Waals surface area contributed by atoms with Crippen molar-refractivity contribution in [3.63, 3.8) is 0 Å². The Morgan fingerprint density at radius 3 is 2.70 bits per heavy atom. The Morgan fingerprint density at radius 1 is 1.40 bits per heavy atom. The maximum atomic E-state index is 4.70. The summed E-state index contributed by atoms with van der Waals surface area (Å²) in [7, 11) is 0. The second-order valence-corrected chi connectivity index (χ2v) is 6.96. The first-order valence-electron chi connectivity index (χ1n) is 7.40. The van der Waals surface area contributed by atoms with Crippen LogP contribution in [0, 0.1) is 13.8 Å². The topological polar surface area (TPSA) is 21.1 Å². The predicted molar refractivity (Wildman–Crippen MR) is 84.2 cm³/mol. The smallest absolute Gasteiger partial charge is 0.0641 e. The summed E-state index contributed by atoms with van der Waals surface area (Å²) in [5.41, 5.74) is 3.93. The van der Waals surface area contributed by atoms with E-state index in [1.54, 1.807) is 0 Å². The van der Waals surface area contributed by atoms with Crippen LogP contribution in [0.5, 0.6) is 0 Å². The van der Waals surface area contributed by atoms with Crippen molar-refractivity contribution in [2.75, 3.05) is 6.54 Å². The fourth-order valence-electron chi connectivity index (χ4n) is 3.06. The third-order valence-electron chi connectivity index (χ3n) is 4.33. The Morgan fingerprint density at radius 2 is 2.20 bits per heavy atom. The summed E-state index contributed by atoms with van der Waals surface area (Å²) < 4.78 is 2.16. The van der Waals surface area contributed by atoms with E-state index in [9.17, 15) is 0 Å². The quantitative estimate of drug-likeness (QED) is 0.845. The van der Waals surface area contributed by atoms with E-state index >= 15 is 0 Å². The third-order valence-corrected chi connectivity index (χ3v) is 5.30. The normalized spacial score (nSPS) is 19.6. The molecule has 3 nitrogen and oxygen atoms in total. The molecule has 0 aromatic carbocycles. The van der Waals surface area contributed by atoms with Crippen LogP contribution in [-0.4, -0.2) is 21.2 Å². The Labute approximate surface area is 125 Å². The number of nitrogens with zero attached hydrogens (tertiary/aromatic N) is 3. The van der Waals surface area contributed by atoms with Crippen molar-refractivity contribution in [1.82, 2.24) is 14.7 Å². The second kappa shape index (κ2) is 5.34. The van der Waals surface area contributed by atoms with Crippen molar-refractivity contribution < 1.29 is 0 Å². The molecule has 1 saturated heterocycles. The molecule has 0 saturated carbocycles. The summed E-state index contributed by atoms with van der Waals surface area (Å²) in [4.78, 5) is 4.08. The number of likely N-dealkylation sites (tertiary alicyclic amines) is 1. The lowest BCUT2D eigenvalue weighted by molar-refractivity contribution is 0.0840. The molecule has 3 rings (SSSR count). The van der Waals surface area contributed by atoms with Crippen LogP contribution < -0.4 is 0 Å². The monoisotopic (exact) mass is 289 g/mol. The number of rotatable bonds is 4. The molecule has 0 bridgehead atoms. The molecular formula is C16H23N3S. The van der Waals surface area contributed by atoms with E-state index in [4.69, 9.17) is 5.10 Å². The molecule has 4 heteroatoms. The summed E-state index contributed by atoms with van der Waals surface area (Å²) in [5.74, 6) is 0. The molecule has 0 aliphatic carbocycles. The van der Waals surface area contributed by atoms with Gasteiger partial charge in [-0.2, -0.15) is 5.10 Å². The molecule has 0 radical (unpaired) electrons. The van der Waals surface area contributed by atoms with Crippen LogP contribution in [0.15, 0.2) is 17.5 Å². The van der Waals surface area contributed by atoms with Crippen molar-refractivity contribution in [3.8, 4) is 0 Å². The molecule has 0 spiro atoms. The molecule has 2 aromatic rings. The van der Waals surface area contributed by atoms with E-state index in [2.05, 4.69) is 54.8 Å². The molecule has 1 fully saturated rings. The minimum Gasteiger partial charge on any atom is -0.291 e. The molecule has 1 aliphatic heterocycles. The summed E-state index contributed by atoms with van der Waals surface area (Å²) in [6.07, 6.45) is 1.29. The minimum absolute atomic E-state index is 0.437. The number of aryl methyl sites for hydroxylation is 1. The highest BCUT2D eigenvalue weighted by molar-refractivity contribution is 7.10. The van der Waals surface area contributed by atoms with Crippen molar-refractivity contribution >= 4 is 11.3 Å². The highest BCUT2D eigenvalue weighted by Gasteiger charge is 2.31. The van der Waals surface area contributed by atoms with Gasteiger partial charge < -0.3 is 0 Å². The fourth-order valence-corrected chi connectivity index (χ4v) is 3.96. The Kier molecular flexibility index (Phi) is 3.69. The van der Waals surface area contributed by atoms with E-state index in [-0.39, 0.29) is 0 Å². The van der Waals surface area contributed by atoms with Gasteiger partial charge in [0.1, 0.15) is 0 Å². The van der Waals surface area contributed by atoms with Gasteiger partial charge in [-0.3, -0.25) is 9.58 Å². The van der Waals surface area contributed by atoms with Gasteiger partial charge in [-0.15, -0.1) is 11.3 Å². The molecule has 0 unspecified atom stereocenters. The zero-order chi connectivity index (χ0) is 14.3. The second-order valence-electron chi connectivity index (χ2n) is 5.98. The van der Waals surface area contributed by atoms with E-state index < -0.39 is 0 Å². The molecular weight excluding hydrogens is 266 g/mol. The first kappa shape index (κ1) is 13.8. The van der Waals surface area contributed by atoms with Crippen molar-refractivity contribution in [1.29, 1.82) is 0 Å². The van der Waals surface area contributed by atoms with Crippen LogP contribution in [0.2, 0.25) is 0 Å². The van der Waals surface area contributed by atoms with Gasteiger partial charge in [0.25, 0.3) is 0 Å². The van der Waals surface area contributed by atoms with Crippen molar-refractivity contribution in [3.05, 3.63) is 39.3 Å². The lowest BCUT2D eigenvalue weighted by Gasteiger charge is -2.40. The van der Waals surface area contributed by atoms with Gasteiger partial charge >= 0.3 is 0 Å². The van der Waals surface area contributed by atoms with Crippen LogP contribution in [0.3, 0.4) is 0 Å². The van der Waals surface area contributed by atoms with Gasteiger partial charge in [0.2, 0.25) is 0 Å². The molecule has 20 heavy (non-hydrogen) atoms. The van der Waals surface area contributed by atoms with Crippen LogP contribution in [0.4, 0.5) is 0 Å². The molecule has 0 N–H and O–H groups in total. The average molecular weight is 289 g/mol. The van der Waals surface area contributed by atoms with Gasteiger partial charge in [0, 0.05) is 41.3 Å². The van der Waals surface area contributed by atoms with Gasteiger partial charge in [-0.1, -0.05) is 6.07 Å². The van der Waals surface area contributed by atoms with Crippen LogP contribution in [0.1, 0.15) is 54.2 Å². The summed E-state index contributed by atoms with van der Waals surface area (Å²) >= 11 is 1.88. The highest BCUT2D eigenvalue weighted by Crippen LogP contribution is 2.37. The van der Waals surface area contributed by atoms with E-state index in [1.165, 1.54) is 34.8 Å². The van der Waals surface area contributed by atoms with E-state index in [1.807, 2.05) is 11.3 Å². The van der Waals surface area contributed by atoms with Gasteiger partial charge in [-0.25, -0.2) is 0 Å². The molecule has 2 aromatic heterocycles. The van der Waals surface area contributed by atoms with Gasteiger partial charge in [0.05, 0.1) is 5.69 Å².